The Morgan fingerprint density at radius 2 is 2.33 bits per heavy atom. The van der Waals surface area contributed by atoms with Crippen molar-refractivity contribution < 1.29 is 9.21 Å². The number of carbonyl (C=O) groups excluding carboxylic acids is 1. The Labute approximate surface area is 126 Å². The Hall–Kier alpha value is -1.13. The van der Waals surface area contributed by atoms with Crippen molar-refractivity contribution in [2.45, 2.75) is 50.6 Å². The predicted molar refractivity (Wildman–Crippen MR) is 82.1 cm³/mol. The maximum Gasteiger partial charge on any atom is 0.144 e. The third-order valence-electron chi connectivity index (χ3n) is 5.29. The fourth-order valence-electron chi connectivity index (χ4n) is 4.19. The van der Waals surface area contributed by atoms with Crippen molar-refractivity contribution in [2.75, 3.05) is 13.6 Å². The highest BCUT2D eigenvalue weighted by Crippen LogP contribution is 2.42. The molecule has 2 aliphatic carbocycles. The summed E-state index contributed by atoms with van der Waals surface area (Å²) in [7, 11) is 1.78. The molecule has 0 saturated heterocycles. The molecule has 0 radical (unpaired) electrons. The van der Waals surface area contributed by atoms with Crippen LogP contribution in [0.2, 0.25) is 0 Å². The van der Waals surface area contributed by atoms with E-state index in [9.17, 15) is 4.79 Å². The van der Waals surface area contributed by atoms with Crippen LogP contribution in [0.3, 0.4) is 0 Å². The van der Waals surface area contributed by atoms with Gasteiger partial charge < -0.3 is 19.8 Å². The minimum atomic E-state index is -0.333. The monoisotopic (exact) mass is 290 g/mol. The maximum atomic E-state index is 11.1. The molecule has 1 heterocycles. The average molecular weight is 290 g/mol. The molecule has 3 rings (SSSR count). The molecule has 2 bridgehead atoms. The van der Waals surface area contributed by atoms with Crippen LogP contribution in [0.1, 0.15) is 49.5 Å². The molecule has 2 fully saturated rings. The molecule has 4 heteroatoms. The van der Waals surface area contributed by atoms with Gasteiger partial charge in [-0.25, -0.2) is 0 Å². The number of nitrogens with one attached hydrogen (secondary N) is 2. The average Bonchev–Trinajstić information content (AvgIpc) is 3.06. The molecular formula is C17H26N2O2. The largest absolute Gasteiger partial charge is 0.467 e. The second-order valence-electron chi connectivity index (χ2n) is 6.55. The molecule has 2 aliphatic rings. The van der Waals surface area contributed by atoms with Crippen LogP contribution < -0.4 is 10.6 Å². The molecule has 21 heavy (non-hydrogen) atoms. The molecule has 0 aromatic carbocycles. The number of hydrogen-bond donors (Lipinski definition) is 2. The van der Waals surface area contributed by atoms with E-state index in [4.69, 9.17) is 4.42 Å². The van der Waals surface area contributed by atoms with Gasteiger partial charge in [0.25, 0.3) is 0 Å². The van der Waals surface area contributed by atoms with E-state index in [2.05, 4.69) is 10.6 Å². The number of likely N-dealkylation sites (N-methyl/N-ethyl adjacent to an activating group) is 1. The second-order valence-corrected chi connectivity index (χ2v) is 6.55. The van der Waals surface area contributed by atoms with Crippen LogP contribution in [0.5, 0.6) is 0 Å². The highest BCUT2D eigenvalue weighted by Gasteiger charge is 2.36. The Kier molecular flexibility index (Phi) is 4.76. The molecule has 0 amide bonds. The number of furan rings is 1. The third-order valence-corrected chi connectivity index (χ3v) is 5.29. The van der Waals surface area contributed by atoms with E-state index in [1.165, 1.54) is 32.1 Å². The lowest BCUT2D eigenvalue weighted by atomic mass is 9.89. The molecule has 2 N–H and O–H groups in total. The van der Waals surface area contributed by atoms with Crippen molar-refractivity contribution in [1.82, 2.24) is 10.6 Å². The Bertz CT molecular complexity index is 471. The van der Waals surface area contributed by atoms with Gasteiger partial charge >= 0.3 is 0 Å². The van der Waals surface area contributed by atoms with Crippen LogP contribution in [0.25, 0.3) is 0 Å². The molecule has 116 valence electrons. The quantitative estimate of drug-likeness (QED) is 0.757. The first-order chi connectivity index (χ1) is 10.3. The number of fused-ring (bicyclic) bond motifs is 2. The Morgan fingerprint density at radius 1 is 1.43 bits per heavy atom. The summed E-state index contributed by atoms with van der Waals surface area (Å²) in [6.07, 6.45) is 10.5. The van der Waals surface area contributed by atoms with Crippen molar-refractivity contribution in [3.8, 4) is 0 Å². The van der Waals surface area contributed by atoms with Crippen molar-refractivity contribution >= 4 is 6.29 Å². The number of hydrogen-bond acceptors (Lipinski definition) is 4. The zero-order valence-corrected chi connectivity index (χ0v) is 12.8. The van der Waals surface area contributed by atoms with Gasteiger partial charge in [-0.05, 0) is 62.7 Å². The lowest BCUT2D eigenvalue weighted by molar-refractivity contribution is -0.109. The molecule has 0 aliphatic heterocycles. The van der Waals surface area contributed by atoms with Crippen LogP contribution in [-0.2, 0) is 11.2 Å². The van der Waals surface area contributed by atoms with Gasteiger partial charge in [0.05, 0.1) is 6.26 Å². The van der Waals surface area contributed by atoms with Gasteiger partial charge in [-0.2, -0.15) is 0 Å². The highest BCUT2D eigenvalue weighted by atomic mass is 16.3. The van der Waals surface area contributed by atoms with Crippen molar-refractivity contribution in [3.63, 3.8) is 0 Å². The molecule has 2 saturated carbocycles. The van der Waals surface area contributed by atoms with E-state index in [1.807, 2.05) is 6.07 Å². The van der Waals surface area contributed by atoms with E-state index < -0.39 is 0 Å². The van der Waals surface area contributed by atoms with Crippen molar-refractivity contribution in [3.05, 3.63) is 23.7 Å². The minimum Gasteiger partial charge on any atom is -0.467 e. The van der Waals surface area contributed by atoms with Gasteiger partial charge in [-0.3, -0.25) is 0 Å². The number of rotatable bonds is 7. The summed E-state index contributed by atoms with van der Waals surface area (Å²) in [5.41, 5.74) is 1.13. The molecule has 4 unspecified atom stereocenters. The topological polar surface area (TPSA) is 54.3 Å². The first kappa shape index (κ1) is 14.8. The summed E-state index contributed by atoms with van der Waals surface area (Å²) in [6.45, 7) is 0.968. The van der Waals surface area contributed by atoms with Gasteiger partial charge in [0, 0.05) is 6.04 Å². The number of aldehydes is 1. The summed E-state index contributed by atoms with van der Waals surface area (Å²) < 4.78 is 5.48. The normalized spacial score (nSPS) is 29.5. The van der Waals surface area contributed by atoms with Gasteiger partial charge in [0.15, 0.2) is 0 Å². The Balaban J connectivity index is 1.52. The SMILES string of the molecule is CNC(C=O)c1occc1CCNC1CC2CCCC1C2. The maximum absolute atomic E-state index is 11.1. The lowest BCUT2D eigenvalue weighted by Crippen LogP contribution is -2.33. The lowest BCUT2D eigenvalue weighted by Gasteiger charge is -2.22. The molecular weight excluding hydrogens is 264 g/mol. The molecule has 1 aromatic heterocycles. The van der Waals surface area contributed by atoms with E-state index >= 15 is 0 Å². The summed E-state index contributed by atoms with van der Waals surface area (Å²) in [4.78, 5) is 11.1. The van der Waals surface area contributed by atoms with Crippen molar-refractivity contribution in [2.24, 2.45) is 11.8 Å². The van der Waals surface area contributed by atoms with Crippen LogP contribution >= 0.6 is 0 Å². The fourth-order valence-corrected chi connectivity index (χ4v) is 4.19. The van der Waals surface area contributed by atoms with Gasteiger partial charge in [-0.15, -0.1) is 0 Å². The van der Waals surface area contributed by atoms with Crippen LogP contribution in [0.15, 0.2) is 16.7 Å². The molecule has 4 atom stereocenters. The van der Waals surface area contributed by atoms with E-state index in [-0.39, 0.29) is 6.04 Å². The minimum absolute atomic E-state index is 0.333. The fraction of sp³-hybridized carbons (Fsp3) is 0.706. The smallest absolute Gasteiger partial charge is 0.144 e. The molecule has 4 nitrogen and oxygen atoms in total. The first-order valence-corrected chi connectivity index (χ1v) is 8.24. The molecule has 0 spiro atoms. The van der Waals surface area contributed by atoms with Crippen molar-refractivity contribution in [1.29, 1.82) is 0 Å². The standard InChI is InChI=1S/C17H26N2O2/c1-18-16(11-20)17-13(6-8-21-17)5-7-19-15-10-12-3-2-4-14(15)9-12/h6,8,11-12,14-16,18-19H,2-5,7,9-10H2,1H3. The summed E-state index contributed by atoms with van der Waals surface area (Å²) >= 11 is 0. The highest BCUT2D eigenvalue weighted by molar-refractivity contribution is 5.60. The summed E-state index contributed by atoms with van der Waals surface area (Å²) in [6, 6.07) is 2.36. The summed E-state index contributed by atoms with van der Waals surface area (Å²) in [5, 5.41) is 6.72. The Morgan fingerprint density at radius 3 is 3.10 bits per heavy atom. The van der Waals surface area contributed by atoms with Crippen LogP contribution in [-0.4, -0.2) is 25.9 Å². The van der Waals surface area contributed by atoms with E-state index in [0.717, 1.165) is 42.4 Å². The van der Waals surface area contributed by atoms with Gasteiger partial charge in [0.1, 0.15) is 18.1 Å². The van der Waals surface area contributed by atoms with Gasteiger partial charge in [-0.1, -0.05) is 12.8 Å². The van der Waals surface area contributed by atoms with Gasteiger partial charge in [0.2, 0.25) is 0 Å². The summed E-state index contributed by atoms with van der Waals surface area (Å²) in [5.74, 6) is 2.63. The number of carbonyl (C=O) groups is 1. The predicted octanol–water partition coefficient (Wildman–Crippen LogP) is 2.45. The molecule has 1 aromatic rings. The van der Waals surface area contributed by atoms with Crippen LogP contribution in [0, 0.1) is 11.8 Å². The zero-order chi connectivity index (χ0) is 14.7. The zero-order valence-electron chi connectivity index (χ0n) is 12.8. The van der Waals surface area contributed by atoms with E-state index in [1.54, 1.807) is 13.3 Å². The third kappa shape index (κ3) is 3.22. The first-order valence-electron chi connectivity index (χ1n) is 8.24. The van der Waals surface area contributed by atoms with E-state index in [0.29, 0.717) is 6.04 Å². The van der Waals surface area contributed by atoms with Crippen LogP contribution in [0.4, 0.5) is 0 Å². The second kappa shape index (κ2) is 6.75.